The predicted octanol–water partition coefficient (Wildman–Crippen LogP) is 13.7. The van der Waals surface area contributed by atoms with Gasteiger partial charge < -0.3 is 18.9 Å². The number of rotatable bonds is 8. The van der Waals surface area contributed by atoms with E-state index in [4.69, 9.17) is 42.1 Å². The highest BCUT2D eigenvalue weighted by atomic mass is 35.5. The van der Waals surface area contributed by atoms with Crippen molar-refractivity contribution in [1.82, 2.24) is 0 Å². The van der Waals surface area contributed by atoms with Crippen molar-refractivity contribution in [2.24, 2.45) is 0 Å². The molecule has 0 saturated carbocycles. The van der Waals surface area contributed by atoms with Crippen molar-refractivity contribution in [3.05, 3.63) is 128 Å². The summed E-state index contributed by atoms with van der Waals surface area (Å²) < 4.78 is 25.7. The molecule has 7 nitrogen and oxygen atoms in total. The molecule has 5 aromatic carbocycles. The van der Waals surface area contributed by atoms with E-state index < -0.39 is 10.8 Å². The molecule has 0 saturated heterocycles. The third-order valence-electron chi connectivity index (χ3n) is 8.62. The van der Waals surface area contributed by atoms with Crippen molar-refractivity contribution in [1.29, 1.82) is 15.8 Å². The second-order valence-electron chi connectivity index (χ2n) is 15.9. The van der Waals surface area contributed by atoms with Gasteiger partial charge in [-0.05, 0) is 83.0 Å². The smallest absolute Gasteiger partial charge is 0.149 e. The second-order valence-corrected chi connectivity index (χ2v) is 16.7. The van der Waals surface area contributed by atoms with Crippen molar-refractivity contribution in [2.45, 2.75) is 78.6 Å². The summed E-state index contributed by atoms with van der Waals surface area (Å²) in [5, 5.41) is 30.6. The molecule has 54 heavy (non-hydrogen) atoms. The molecule has 5 aromatic rings. The fourth-order valence-electron chi connectivity index (χ4n) is 5.82. The molecular formula is C45H41Cl2N3O4. The third-order valence-corrected chi connectivity index (χ3v) is 9.25. The zero-order chi connectivity index (χ0) is 39.6. The van der Waals surface area contributed by atoms with Gasteiger partial charge in [0.2, 0.25) is 0 Å². The van der Waals surface area contributed by atoms with Gasteiger partial charge in [-0.3, -0.25) is 0 Å². The van der Waals surface area contributed by atoms with Gasteiger partial charge in [-0.2, -0.15) is 15.8 Å². The molecule has 0 amide bonds. The molecule has 0 aliphatic rings. The zero-order valence-electron chi connectivity index (χ0n) is 31.8. The number of halogens is 2. The zero-order valence-corrected chi connectivity index (χ0v) is 33.3. The van der Waals surface area contributed by atoms with E-state index in [1.165, 1.54) is 0 Å². The van der Waals surface area contributed by atoms with Crippen molar-refractivity contribution < 1.29 is 18.9 Å². The molecular weight excluding hydrogens is 717 g/mol. The maximum atomic E-state index is 10.5. The Balaban J connectivity index is 1.55. The van der Waals surface area contributed by atoms with Crippen molar-refractivity contribution in [2.75, 3.05) is 0 Å². The number of hydrogen-bond acceptors (Lipinski definition) is 7. The predicted molar refractivity (Wildman–Crippen MR) is 213 cm³/mol. The molecule has 0 bridgehead atoms. The monoisotopic (exact) mass is 757 g/mol. The van der Waals surface area contributed by atoms with Crippen LogP contribution in [0.5, 0.6) is 46.0 Å². The molecule has 0 atom stereocenters. The van der Waals surface area contributed by atoms with Crippen molar-refractivity contribution >= 4 is 23.2 Å². The summed E-state index contributed by atoms with van der Waals surface area (Å²) in [5.41, 5.74) is 1.99. The summed E-state index contributed by atoms with van der Waals surface area (Å²) >= 11 is 12.6. The first-order valence-electron chi connectivity index (χ1n) is 17.3. The normalized spacial score (nSPS) is 11.6. The molecule has 0 aliphatic carbocycles. The molecule has 274 valence electrons. The van der Waals surface area contributed by atoms with Gasteiger partial charge in [-0.1, -0.05) is 104 Å². The highest BCUT2D eigenvalue weighted by Crippen LogP contribution is 2.46. The lowest BCUT2D eigenvalue weighted by molar-refractivity contribution is 0.423. The van der Waals surface area contributed by atoms with Crippen LogP contribution in [-0.4, -0.2) is 0 Å². The van der Waals surface area contributed by atoms with Crippen molar-refractivity contribution in [3.63, 3.8) is 0 Å². The molecule has 0 N–H and O–H groups in total. The quantitative estimate of drug-likeness (QED) is 0.155. The van der Waals surface area contributed by atoms with E-state index in [0.717, 1.165) is 16.7 Å². The van der Waals surface area contributed by atoms with E-state index in [1.54, 1.807) is 66.7 Å². The second kappa shape index (κ2) is 15.4. The topological polar surface area (TPSA) is 108 Å². The molecule has 0 unspecified atom stereocenters. The summed E-state index contributed by atoms with van der Waals surface area (Å²) in [6.07, 6.45) is 0. The number of nitriles is 3. The standard InChI is InChI=1S/C45H41Cl2N3O4/c1-43(2,3)31-21-27(19-20-40(31)52-36-15-10-13-34(46)28(36)24-48)51-38-17-12-18-39(30(38)26-50)54-42-23-32(44(4,5)6)41(22-33(42)45(7,8)9)53-37-16-11-14-35(47)29(37)25-49/h10-23H,1-9H3. The fraction of sp³-hybridized carbons (Fsp3) is 0.267. The van der Waals surface area contributed by atoms with Gasteiger partial charge in [0.15, 0.2) is 0 Å². The summed E-state index contributed by atoms with van der Waals surface area (Å²) in [7, 11) is 0. The molecule has 0 radical (unpaired) electrons. The molecule has 5 rings (SSSR count). The van der Waals surface area contributed by atoms with Crippen LogP contribution in [0.25, 0.3) is 0 Å². The van der Waals surface area contributed by atoms with Crippen LogP contribution in [0.1, 0.15) is 95.7 Å². The molecule has 0 aliphatic heterocycles. The Morgan fingerprint density at radius 1 is 0.407 bits per heavy atom. The molecule has 0 spiro atoms. The van der Waals surface area contributed by atoms with Crippen LogP contribution >= 0.6 is 23.2 Å². The summed E-state index contributed by atoms with van der Waals surface area (Å²) in [6, 6.07) is 31.2. The van der Waals surface area contributed by atoms with Gasteiger partial charge in [0, 0.05) is 16.7 Å². The first-order valence-corrected chi connectivity index (χ1v) is 18.1. The first-order chi connectivity index (χ1) is 25.3. The largest absolute Gasteiger partial charge is 0.456 e. The van der Waals surface area contributed by atoms with Gasteiger partial charge in [-0.15, -0.1) is 0 Å². The van der Waals surface area contributed by atoms with E-state index in [2.05, 4.69) is 59.8 Å². The highest BCUT2D eigenvalue weighted by molar-refractivity contribution is 6.32. The van der Waals surface area contributed by atoms with Crippen LogP contribution in [0.4, 0.5) is 0 Å². The van der Waals surface area contributed by atoms with E-state index in [0.29, 0.717) is 56.0 Å². The lowest BCUT2D eigenvalue weighted by Crippen LogP contribution is -2.17. The maximum absolute atomic E-state index is 10.5. The Morgan fingerprint density at radius 2 is 0.759 bits per heavy atom. The van der Waals surface area contributed by atoms with Gasteiger partial charge >= 0.3 is 0 Å². The van der Waals surface area contributed by atoms with E-state index in [9.17, 15) is 15.8 Å². The van der Waals surface area contributed by atoms with Gasteiger partial charge in [0.1, 0.15) is 80.9 Å². The molecule has 0 aromatic heterocycles. The van der Waals surface area contributed by atoms with Gasteiger partial charge in [-0.25, -0.2) is 0 Å². The van der Waals surface area contributed by atoms with E-state index in [-0.39, 0.29) is 22.1 Å². The SMILES string of the molecule is CC(C)(C)c1cc(Oc2cccc(Oc3cc(C(C)(C)C)c(Oc4cccc(Cl)c4C#N)cc3C(C)(C)C)c2C#N)ccc1Oc1cccc(Cl)c1C#N. The first kappa shape index (κ1) is 39.6. The number of hydrogen-bond donors (Lipinski definition) is 0. The summed E-state index contributed by atoms with van der Waals surface area (Å²) in [5.74, 6) is 3.47. The van der Waals surface area contributed by atoms with Gasteiger partial charge in [0.25, 0.3) is 0 Å². The minimum absolute atomic E-state index is 0.211. The van der Waals surface area contributed by atoms with Crippen molar-refractivity contribution in [3.8, 4) is 64.2 Å². The Hall–Kier alpha value is -5.65. The van der Waals surface area contributed by atoms with Crippen LogP contribution in [0, 0.1) is 34.0 Å². The fourth-order valence-corrected chi connectivity index (χ4v) is 6.23. The molecule has 0 fully saturated rings. The lowest BCUT2D eigenvalue weighted by Gasteiger charge is -2.29. The average molecular weight is 759 g/mol. The Kier molecular flexibility index (Phi) is 11.3. The number of benzene rings is 5. The number of ether oxygens (including phenoxy) is 4. The maximum Gasteiger partial charge on any atom is 0.149 e. The summed E-state index contributed by atoms with van der Waals surface area (Å²) in [4.78, 5) is 0. The molecule has 9 heteroatoms. The minimum Gasteiger partial charge on any atom is -0.456 e. The Bertz CT molecular complexity index is 2360. The minimum atomic E-state index is -0.413. The van der Waals surface area contributed by atoms with E-state index in [1.807, 2.05) is 39.0 Å². The van der Waals surface area contributed by atoms with Crippen LogP contribution in [0.2, 0.25) is 10.0 Å². The van der Waals surface area contributed by atoms with Crippen LogP contribution in [0.3, 0.4) is 0 Å². The number of nitrogens with zero attached hydrogens (tertiary/aromatic N) is 3. The Labute approximate surface area is 327 Å². The Morgan fingerprint density at radius 3 is 1.17 bits per heavy atom. The third kappa shape index (κ3) is 8.59. The average Bonchev–Trinajstić information content (AvgIpc) is 3.08. The van der Waals surface area contributed by atoms with E-state index >= 15 is 0 Å². The van der Waals surface area contributed by atoms with Crippen LogP contribution in [-0.2, 0) is 16.2 Å². The summed E-state index contributed by atoms with van der Waals surface area (Å²) in [6.45, 7) is 18.5. The van der Waals surface area contributed by atoms with Gasteiger partial charge in [0.05, 0.1) is 10.0 Å². The highest BCUT2D eigenvalue weighted by Gasteiger charge is 2.29. The molecule has 0 heterocycles. The lowest BCUT2D eigenvalue weighted by atomic mass is 9.80. The van der Waals surface area contributed by atoms with Crippen LogP contribution in [0.15, 0.2) is 84.9 Å². The van der Waals surface area contributed by atoms with Crippen LogP contribution < -0.4 is 18.9 Å².